The average molecular weight is 341 g/mol. The van der Waals surface area contributed by atoms with E-state index >= 15 is 0 Å². The monoisotopic (exact) mass is 341 g/mol. The zero-order chi connectivity index (χ0) is 17.8. The first-order valence-corrected chi connectivity index (χ1v) is 8.43. The summed E-state index contributed by atoms with van der Waals surface area (Å²) in [6.07, 6.45) is 3.27. The average Bonchev–Trinajstić information content (AvgIpc) is 2.63. The van der Waals surface area contributed by atoms with Crippen molar-refractivity contribution in [2.24, 2.45) is 5.92 Å². The Labute approximate surface area is 147 Å². The Morgan fingerprint density at radius 1 is 1.24 bits per heavy atom. The highest BCUT2D eigenvalue weighted by Crippen LogP contribution is 2.23. The number of rotatable bonds is 4. The number of methoxy groups -OCH3 is 1. The number of nitrogens with one attached hydrogen (secondary N) is 1. The van der Waals surface area contributed by atoms with Gasteiger partial charge in [0.15, 0.2) is 0 Å². The number of carbonyl (C=O) groups excluding carboxylic acids is 1. The molecular weight excluding hydrogens is 318 g/mol. The molecule has 1 aliphatic rings. The minimum atomic E-state index is -0.0222. The minimum Gasteiger partial charge on any atom is -0.481 e. The van der Waals surface area contributed by atoms with Crippen LogP contribution in [0.25, 0.3) is 0 Å². The number of aryl methyl sites for hydroxylation is 2. The van der Waals surface area contributed by atoms with Gasteiger partial charge in [-0.25, -0.2) is 9.97 Å². The molecule has 2 aromatic heterocycles. The summed E-state index contributed by atoms with van der Waals surface area (Å²) >= 11 is 0. The Kier molecular flexibility index (Phi) is 5.11. The maximum absolute atomic E-state index is 12.4. The first kappa shape index (κ1) is 17.1. The highest BCUT2D eigenvalue weighted by molar-refractivity contribution is 5.91. The van der Waals surface area contributed by atoms with Gasteiger partial charge in [0.2, 0.25) is 17.7 Å². The molecule has 0 aliphatic carbocycles. The van der Waals surface area contributed by atoms with Crippen molar-refractivity contribution in [3.8, 4) is 5.88 Å². The van der Waals surface area contributed by atoms with Crippen molar-refractivity contribution in [3.63, 3.8) is 0 Å². The quantitative estimate of drug-likeness (QED) is 0.919. The minimum absolute atomic E-state index is 0.0222. The molecule has 3 rings (SSSR count). The van der Waals surface area contributed by atoms with Gasteiger partial charge in [-0.1, -0.05) is 6.07 Å². The zero-order valence-electron chi connectivity index (χ0n) is 14.8. The van der Waals surface area contributed by atoms with Gasteiger partial charge in [-0.15, -0.1) is 0 Å². The van der Waals surface area contributed by atoms with Gasteiger partial charge in [0, 0.05) is 37.0 Å². The summed E-state index contributed by atoms with van der Waals surface area (Å²) < 4.78 is 5.21. The largest absolute Gasteiger partial charge is 0.481 e. The fraction of sp³-hybridized carbons (Fsp3) is 0.444. The number of anilines is 2. The van der Waals surface area contributed by atoms with Crippen LogP contribution in [0, 0.1) is 19.8 Å². The van der Waals surface area contributed by atoms with E-state index in [0.717, 1.165) is 37.2 Å². The first-order valence-electron chi connectivity index (χ1n) is 8.43. The standard InChI is InChI=1S/C18H23N5O2/c1-12-4-5-15(19-11-12)21-17(24)14-6-8-23(9-7-14)18-20-13(2)10-16(22-18)25-3/h4-5,10-11,14H,6-9H2,1-3H3,(H,19,21,24). The van der Waals surface area contributed by atoms with Crippen molar-refractivity contribution >= 4 is 17.7 Å². The van der Waals surface area contributed by atoms with Crippen molar-refractivity contribution in [1.82, 2.24) is 15.0 Å². The van der Waals surface area contributed by atoms with Gasteiger partial charge in [-0.3, -0.25) is 4.79 Å². The maximum atomic E-state index is 12.4. The van der Waals surface area contributed by atoms with E-state index in [9.17, 15) is 4.79 Å². The second kappa shape index (κ2) is 7.46. The molecule has 0 atom stereocenters. The lowest BCUT2D eigenvalue weighted by molar-refractivity contribution is -0.120. The number of piperidine rings is 1. The Hall–Kier alpha value is -2.70. The van der Waals surface area contributed by atoms with Gasteiger partial charge in [0.05, 0.1) is 7.11 Å². The Morgan fingerprint density at radius 3 is 2.64 bits per heavy atom. The smallest absolute Gasteiger partial charge is 0.228 e. The molecule has 1 amide bonds. The summed E-state index contributed by atoms with van der Waals surface area (Å²) in [5.74, 6) is 1.83. The highest BCUT2D eigenvalue weighted by Gasteiger charge is 2.26. The van der Waals surface area contributed by atoms with Crippen molar-refractivity contribution < 1.29 is 9.53 Å². The molecule has 2 aromatic rings. The van der Waals surface area contributed by atoms with Gasteiger partial charge in [-0.05, 0) is 38.3 Å². The topological polar surface area (TPSA) is 80.2 Å². The normalized spacial score (nSPS) is 15.1. The molecule has 0 aromatic carbocycles. The number of hydrogen-bond donors (Lipinski definition) is 1. The molecule has 1 N–H and O–H groups in total. The number of carbonyl (C=O) groups is 1. The number of ether oxygens (including phenoxy) is 1. The van der Waals surface area contributed by atoms with Crippen LogP contribution in [0.2, 0.25) is 0 Å². The number of nitrogens with zero attached hydrogens (tertiary/aromatic N) is 4. The molecule has 25 heavy (non-hydrogen) atoms. The van der Waals surface area contributed by atoms with Crippen LogP contribution in [0.15, 0.2) is 24.4 Å². The van der Waals surface area contributed by atoms with E-state index < -0.39 is 0 Å². The molecule has 132 valence electrons. The van der Waals surface area contributed by atoms with Gasteiger partial charge < -0.3 is 15.0 Å². The maximum Gasteiger partial charge on any atom is 0.228 e. The van der Waals surface area contributed by atoms with Crippen LogP contribution in [0.3, 0.4) is 0 Å². The first-order chi connectivity index (χ1) is 12.0. The predicted molar refractivity (Wildman–Crippen MR) is 95.9 cm³/mol. The molecule has 0 radical (unpaired) electrons. The third-order valence-corrected chi connectivity index (χ3v) is 4.34. The lowest BCUT2D eigenvalue weighted by atomic mass is 9.96. The second-order valence-corrected chi connectivity index (χ2v) is 6.32. The van der Waals surface area contributed by atoms with Crippen molar-refractivity contribution in [1.29, 1.82) is 0 Å². The van der Waals surface area contributed by atoms with Crippen LogP contribution >= 0.6 is 0 Å². The third-order valence-electron chi connectivity index (χ3n) is 4.34. The van der Waals surface area contributed by atoms with E-state index in [1.54, 1.807) is 19.4 Å². The summed E-state index contributed by atoms with van der Waals surface area (Å²) in [5, 5.41) is 2.90. The van der Waals surface area contributed by atoms with Gasteiger partial charge in [0.25, 0.3) is 0 Å². The fourth-order valence-electron chi connectivity index (χ4n) is 2.88. The lowest BCUT2D eigenvalue weighted by Gasteiger charge is -2.31. The Balaban J connectivity index is 1.58. The van der Waals surface area contributed by atoms with Gasteiger partial charge >= 0.3 is 0 Å². The molecule has 0 saturated carbocycles. The van der Waals surface area contributed by atoms with Crippen LogP contribution in [0.4, 0.5) is 11.8 Å². The molecule has 1 fully saturated rings. The second-order valence-electron chi connectivity index (χ2n) is 6.32. The van der Waals surface area contributed by atoms with E-state index in [2.05, 4.69) is 25.2 Å². The van der Waals surface area contributed by atoms with Crippen molar-refractivity contribution in [2.45, 2.75) is 26.7 Å². The SMILES string of the molecule is COc1cc(C)nc(N2CCC(C(=O)Nc3ccc(C)cn3)CC2)n1. The molecule has 0 spiro atoms. The van der Waals surface area contributed by atoms with Crippen molar-refractivity contribution in [2.75, 3.05) is 30.4 Å². The summed E-state index contributed by atoms with van der Waals surface area (Å²) in [7, 11) is 1.60. The highest BCUT2D eigenvalue weighted by atomic mass is 16.5. The summed E-state index contributed by atoms with van der Waals surface area (Å²) in [4.78, 5) is 27.6. The van der Waals surface area contributed by atoms with Crippen LogP contribution in [0.1, 0.15) is 24.1 Å². The molecular formula is C18H23N5O2. The summed E-state index contributed by atoms with van der Waals surface area (Å²) in [6.45, 7) is 5.37. The van der Waals surface area contributed by atoms with E-state index in [0.29, 0.717) is 17.6 Å². The van der Waals surface area contributed by atoms with Crippen LogP contribution in [0.5, 0.6) is 5.88 Å². The van der Waals surface area contributed by atoms with E-state index in [1.165, 1.54) is 0 Å². The lowest BCUT2D eigenvalue weighted by Crippen LogP contribution is -2.39. The number of aromatic nitrogens is 3. The molecule has 0 unspecified atom stereocenters. The Bertz CT molecular complexity index is 740. The van der Waals surface area contributed by atoms with Gasteiger partial charge in [-0.2, -0.15) is 4.98 Å². The van der Waals surface area contributed by atoms with Crippen LogP contribution < -0.4 is 15.0 Å². The van der Waals surface area contributed by atoms with E-state index in [-0.39, 0.29) is 11.8 Å². The number of hydrogen-bond acceptors (Lipinski definition) is 6. The molecule has 7 nitrogen and oxygen atoms in total. The molecule has 7 heteroatoms. The molecule has 1 aliphatic heterocycles. The van der Waals surface area contributed by atoms with E-state index in [4.69, 9.17) is 4.74 Å². The van der Waals surface area contributed by atoms with E-state index in [1.807, 2.05) is 26.0 Å². The third kappa shape index (κ3) is 4.23. The molecule has 3 heterocycles. The Morgan fingerprint density at radius 2 is 2.00 bits per heavy atom. The molecule has 1 saturated heterocycles. The summed E-state index contributed by atoms with van der Waals surface area (Å²) in [6, 6.07) is 5.57. The number of pyridine rings is 1. The fourth-order valence-corrected chi connectivity index (χ4v) is 2.88. The van der Waals surface area contributed by atoms with Crippen LogP contribution in [-0.4, -0.2) is 41.1 Å². The predicted octanol–water partition coefficient (Wildman–Crippen LogP) is 2.35. The zero-order valence-corrected chi connectivity index (χ0v) is 14.8. The van der Waals surface area contributed by atoms with Crippen LogP contribution in [-0.2, 0) is 4.79 Å². The molecule has 0 bridgehead atoms. The van der Waals surface area contributed by atoms with Crippen molar-refractivity contribution in [3.05, 3.63) is 35.7 Å². The van der Waals surface area contributed by atoms with Gasteiger partial charge in [0.1, 0.15) is 5.82 Å². The summed E-state index contributed by atoms with van der Waals surface area (Å²) in [5.41, 5.74) is 1.94. The number of amides is 1.